The Balaban J connectivity index is 2.16. The molecule has 0 amide bonds. The minimum Gasteiger partial charge on any atom is -0.357 e. The van der Waals surface area contributed by atoms with Crippen molar-refractivity contribution in [2.45, 2.75) is 19.4 Å². The molecule has 1 atom stereocenters. The van der Waals surface area contributed by atoms with E-state index in [2.05, 4.69) is 16.4 Å². The molecule has 3 nitrogen and oxygen atoms in total. The topological polar surface area (TPSA) is 51.6 Å². The van der Waals surface area contributed by atoms with Gasteiger partial charge in [0.05, 0.1) is 6.07 Å². The fourth-order valence-electron chi connectivity index (χ4n) is 2.91. The summed E-state index contributed by atoms with van der Waals surface area (Å²) in [5.41, 5.74) is 3.13. The van der Waals surface area contributed by atoms with Gasteiger partial charge in [-0.15, -0.1) is 0 Å². The van der Waals surface area contributed by atoms with E-state index in [4.69, 9.17) is 16.9 Å². The molecule has 0 radical (unpaired) electrons. The van der Waals surface area contributed by atoms with Crippen LogP contribution < -0.4 is 5.32 Å². The maximum atomic E-state index is 14.4. The molecule has 0 bridgehead atoms. The average molecular weight is 342 g/mol. The van der Waals surface area contributed by atoms with Crippen molar-refractivity contribution in [2.75, 3.05) is 6.54 Å². The minimum absolute atomic E-state index is 0.0564. The molecule has 5 heteroatoms. The Kier molecular flexibility index (Phi) is 4.84. The van der Waals surface area contributed by atoms with Gasteiger partial charge in [-0.2, -0.15) is 5.26 Å². The van der Waals surface area contributed by atoms with Crippen LogP contribution in [-0.2, 0) is 0 Å². The number of fused-ring (bicyclic) bond motifs is 1. The van der Waals surface area contributed by atoms with Gasteiger partial charge in [0.2, 0.25) is 0 Å². The molecule has 2 aromatic carbocycles. The summed E-state index contributed by atoms with van der Waals surface area (Å²) >= 11 is 6.15. The molecular formula is C19H17ClFN3. The van der Waals surface area contributed by atoms with E-state index in [-0.39, 0.29) is 11.9 Å². The van der Waals surface area contributed by atoms with Gasteiger partial charge in [0.15, 0.2) is 0 Å². The second-order valence-electron chi connectivity index (χ2n) is 5.67. The largest absolute Gasteiger partial charge is 0.357 e. The van der Waals surface area contributed by atoms with Gasteiger partial charge < -0.3 is 10.3 Å². The van der Waals surface area contributed by atoms with E-state index in [1.54, 1.807) is 12.1 Å². The van der Waals surface area contributed by atoms with Gasteiger partial charge in [-0.05, 0) is 31.2 Å². The predicted octanol–water partition coefficient (Wildman–Crippen LogP) is 5.19. The van der Waals surface area contributed by atoms with Crippen LogP contribution in [0.15, 0.2) is 42.5 Å². The molecule has 0 saturated heterocycles. The first kappa shape index (κ1) is 16.5. The number of halogens is 2. The SMILES string of the molecule is CC(NCCC#N)c1[nH]c2ccc(Cl)cc2c1-c1ccccc1F. The summed E-state index contributed by atoms with van der Waals surface area (Å²) in [4.78, 5) is 3.37. The third kappa shape index (κ3) is 3.14. The molecule has 1 unspecified atom stereocenters. The van der Waals surface area contributed by atoms with E-state index in [0.29, 0.717) is 23.6 Å². The summed E-state index contributed by atoms with van der Waals surface area (Å²) in [6.45, 7) is 2.57. The minimum atomic E-state index is -0.274. The maximum absolute atomic E-state index is 14.4. The molecule has 2 N–H and O–H groups in total. The number of benzene rings is 2. The highest BCUT2D eigenvalue weighted by Gasteiger charge is 2.20. The molecule has 3 aromatic rings. The lowest BCUT2D eigenvalue weighted by molar-refractivity contribution is 0.573. The van der Waals surface area contributed by atoms with Crippen LogP contribution in [0.5, 0.6) is 0 Å². The number of hydrogen-bond acceptors (Lipinski definition) is 2. The van der Waals surface area contributed by atoms with E-state index in [9.17, 15) is 4.39 Å². The lowest BCUT2D eigenvalue weighted by Crippen LogP contribution is -2.20. The summed E-state index contributed by atoms with van der Waals surface area (Å²) in [5, 5.41) is 13.5. The highest BCUT2D eigenvalue weighted by molar-refractivity contribution is 6.31. The third-order valence-corrected chi connectivity index (χ3v) is 4.29. The van der Waals surface area contributed by atoms with Gasteiger partial charge in [-0.1, -0.05) is 29.8 Å². The van der Waals surface area contributed by atoms with Crippen molar-refractivity contribution in [3.05, 3.63) is 59.0 Å². The Hall–Kier alpha value is -2.35. The number of nitrogens with one attached hydrogen (secondary N) is 2. The van der Waals surface area contributed by atoms with Gasteiger partial charge in [0.25, 0.3) is 0 Å². The zero-order chi connectivity index (χ0) is 17.1. The fourth-order valence-corrected chi connectivity index (χ4v) is 3.08. The number of aromatic amines is 1. The molecule has 0 spiro atoms. The number of hydrogen-bond donors (Lipinski definition) is 2. The first-order valence-electron chi connectivity index (χ1n) is 7.78. The Morgan fingerprint density at radius 1 is 1.29 bits per heavy atom. The lowest BCUT2D eigenvalue weighted by Gasteiger charge is -2.15. The summed E-state index contributed by atoms with van der Waals surface area (Å²) in [5.74, 6) is -0.274. The average Bonchev–Trinajstić information content (AvgIpc) is 2.94. The predicted molar refractivity (Wildman–Crippen MR) is 95.4 cm³/mol. The standard InChI is InChI=1S/C19H17ClFN3/c1-12(23-10-4-9-22)19-18(14-5-2-3-6-16(14)21)15-11-13(20)7-8-17(15)24-19/h2-3,5-8,11-12,23-24H,4,10H2,1H3. The number of nitrogens with zero attached hydrogens (tertiary/aromatic N) is 1. The van der Waals surface area contributed by atoms with E-state index < -0.39 is 0 Å². The van der Waals surface area contributed by atoms with E-state index in [0.717, 1.165) is 22.2 Å². The molecule has 1 aromatic heterocycles. The number of nitriles is 1. The van der Waals surface area contributed by atoms with Crippen molar-refractivity contribution in [3.8, 4) is 17.2 Å². The fraction of sp³-hybridized carbons (Fsp3) is 0.211. The number of rotatable bonds is 5. The van der Waals surface area contributed by atoms with Crippen LogP contribution in [0.25, 0.3) is 22.0 Å². The van der Waals surface area contributed by atoms with Crippen molar-refractivity contribution in [2.24, 2.45) is 0 Å². The molecule has 0 aliphatic heterocycles. The quantitative estimate of drug-likeness (QED) is 0.627. The Bertz CT molecular complexity index is 911. The van der Waals surface area contributed by atoms with E-state index in [1.807, 2.05) is 31.2 Å². The van der Waals surface area contributed by atoms with Crippen molar-refractivity contribution in [3.63, 3.8) is 0 Å². The highest BCUT2D eigenvalue weighted by Crippen LogP contribution is 2.37. The lowest BCUT2D eigenvalue weighted by atomic mass is 9.98. The maximum Gasteiger partial charge on any atom is 0.131 e. The molecule has 122 valence electrons. The Morgan fingerprint density at radius 2 is 2.08 bits per heavy atom. The van der Waals surface area contributed by atoms with Crippen molar-refractivity contribution < 1.29 is 4.39 Å². The Morgan fingerprint density at radius 3 is 2.83 bits per heavy atom. The van der Waals surface area contributed by atoms with Gasteiger partial charge in [0.1, 0.15) is 5.82 Å². The van der Waals surface area contributed by atoms with E-state index in [1.165, 1.54) is 6.07 Å². The van der Waals surface area contributed by atoms with Crippen LogP contribution in [0.1, 0.15) is 25.1 Å². The second-order valence-corrected chi connectivity index (χ2v) is 6.10. The first-order chi connectivity index (χ1) is 11.6. The summed E-state index contributed by atoms with van der Waals surface area (Å²) in [6.07, 6.45) is 0.422. The summed E-state index contributed by atoms with van der Waals surface area (Å²) in [7, 11) is 0. The van der Waals surface area contributed by atoms with E-state index >= 15 is 0 Å². The second kappa shape index (κ2) is 7.04. The molecule has 0 saturated carbocycles. The molecule has 0 fully saturated rings. The first-order valence-corrected chi connectivity index (χ1v) is 8.16. The van der Waals surface area contributed by atoms with Crippen LogP contribution >= 0.6 is 11.6 Å². The zero-order valence-corrected chi connectivity index (χ0v) is 14.0. The van der Waals surface area contributed by atoms with Crippen LogP contribution in [-0.4, -0.2) is 11.5 Å². The Labute approximate surface area is 145 Å². The molecule has 24 heavy (non-hydrogen) atoms. The van der Waals surface area contributed by atoms with Crippen LogP contribution in [0.2, 0.25) is 5.02 Å². The third-order valence-electron chi connectivity index (χ3n) is 4.05. The monoisotopic (exact) mass is 341 g/mol. The summed E-state index contributed by atoms with van der Waals surface area (Å²) in [6, 6.07) is 14.3. The highest BCUT2D eigenvalue weighted by atomic mass is 35.5. The van der Waals surface area contributed by atoms with Gasteiger partial charge in [-0.25, -0.2) is 4.39 Å². The van der Waals surface area contributed by atoms with Crippen molar-refractivity contribution >= 4 is 22.5 Å². The normalized spacial score (nSPS) is 12.2. The molecular weight excluding hydrogens is 325 g/mol. The number of aromatic nitrogens is 1. The van der Waals surface area contributed by atoms with Gasteiger partial charge in [-0.3, -0.25) is 0 Å². The zero-order valence-electron chi connectivity index (χ0n) is 13.2. The van der Waals surface area contributed by atoms with Crippen molar-refractivity contribution in [1.29, 1.82) is 5.26 Å². The van der Waals surface area contributed by atoms with Crippen LogP contribution in [0, 0.1) is 17.1 Å². The number of H-pyrrole nitrogens is 1. The van der Waals surface area contributed by atoms with Crippen molar-refractivity contribution in [1.82, 2.24) is 10.3 Å². The molecule has 0 aliphatic rings. The molecule has 3 rings (SSSR count). The van der Waals surface area contributed by atoms with Crippen LogP contribution in [0.3, 0.4) is 0 Å². The summed E-state index contributed by atoms with van der Waals surface area (Å²) < 4.78 is 14.4. The van der Waals surface area contributed by atoms with Crippen LogP contribution in [0.4, 0.5) is 4.39 Å². The molecule has 1 heterocycles. The smallest absolute Gasteiger partial charge is 0.131 e. The van der Waals surface area contributed by atoms with Gasteiger partial charge >= 0.3 is 0 Å². The van der Waals surface area contributed by atoms with Gasteiger partial charge in [0, 0.05) is 51.8 Å². The molecule has 0 aliphatic carbocycles.